The van der Waals surface area contributed by atoms with Gasteiger partial charge in [0, 0.05) is 26.6 Å². The third-order valence-electron chi connectivity index (χ3n) is 5.34. The minimum Gasteiger partial charge on any atom is -0.494 e. The van der Waals surface area contributed by atoms with Gasteiger partial charge in [-0.1, -0.05) is 29.3 Å². The molecule has 0 aliphatic carbocycles. The van der Waals surface area contributed by atoms with Crippen LogP contribution in [0.25, 0.3) is 0 Å². The Bertz CT molecular complexity index is 1130. The molecule has 1 unspecified atom stereocenters. The van der Waals surface area contributed by atoms with Crippen molar-refractivity contribution in [3.05, 3.63) is 58.1 Å². The lowest BCUT2D eigenvalue weighted by molar-refractivity contribution is -0.140. The molecule has 0 heterocycles. The van der Waals surface area contributed by atoms with E-state index >= 15 is 0 Å². The Kier molecular flexibility index (Phi) is 10.7. The number of nitrogens with zero attached hydrogens (tertiary/aromatic N) is 2. The van der Waals surface area contributed by atoms with Crippen LogP contribution in [0.15, 0.2) is 42.5 Å². The maximum Gasteiger partial charge on any atom is 0.242 e. The number of likely N-dealkylation sites (N-methyl/N-ethyl adjacent to an activating group) is 1. The molecule has 0 spiro atoms. The fourth-order valence-electron chi connectivity index (χ4n) is 3.51. The molecular weight excluding hydrogens is 513 g/mol. The Morgan fingerprint density at radius 1 is 1.09 bits per heavy atom. The van der Waals surface area contributed by atoms with Crippen molar-refractivity contribution in [2.75, 3.05) is 30.8 Å². The molecule has 2 amide bonds. The quantitative estimate of drug-likeness (QED) is 0.434. The monoisotopic (exact) mass is 543 g/mol. The number of ether oxygens (including phenoxy) is 1. The third-order valence-corrected chi connectivity index (χ3v) is 7.27. The molecule has 0 fully saturated rings. The second kappa shape index (κ2) is 13.0. The van der Waals surface area contributed by atoms with Crippen LogP contribution in [0.5, 0.6) is 5.75 Å². The highest BCUT2D eigenvalue weighted by atomic mass is 35.5. The summed E-state index contributed by atoms with van der Waals surface area (Å²) in [5, 5.41) is 3.30. The van der Waals surface area contributed by atoms with Gasteiger partial charge in [0.25, 0.3) is 0 Å². The van der Waals surface area contributed by atoms with Gasteiger partial charge in [-0.15, -0.1) is 0 Å². The molecule has 0 saturated heterocycles. The molecule has 2 rings (SSSR count). The number of amides is 2. The number of carbonyl (C=O) groups is 2. The first kappa shape index (κ1) is 28.7. The number of halogens is 2. The average Bonchev–Trinajstić information content (AvgIpc) is 2.81. The van der Waals surface area contributed by atoms with Gasteiger partial charge in [-0.3, -0.25) is 13.9 Å². The van der Waals surface area contributed by atoms with E-state index in [2.05, 4.69) is 5.32 Å². The van der Waals surface area contributed by atoms with Crippen molar-refractivity contribution in [2.45, 2.75) is 39.3 Å². The predicted octanol–water partition coefficient (Wildman–Crippen LogP) is 4.10. The van der Waals surface area contributed by atoms with Crippen molar-refractivity contribution in [1.29, 1.82) is 0 Å². The topological polar surface area (TPSA) is 96.0 Å². The molecule has 0 aliphatic heterocycles. The summed E-state index contributed by atoms with van der Waals surface area (Å²) in [5.41, 5.74) is 1.20. The number of sulfonamides is 1. The maximum absolute atomic E-state index is 13.1. The molecule has 0 radical (unpaired) electrons. The summed E-state index contributed by atoms with van der Waals surface area (Å²) in [7, 11) is -2.07. The van der Waals surface area contributed by atoms with Gasteiger partial charge in [0.1, 0.15) is 11.8 Å². The molecule has 1 atom stereocenters. The molecule has 2 aromatic rings. The maximum atomic E-state index is 13.1. The predicted molar refractivity (Wildman–Crippen MR) is 140 cm³/mol. The van der Waals surface area contributed by atoms with Gasteiger partial charge in [-0.2, -0.15) is 0 Å². The minimum absolute atomic E-state index is 0.0473. The van der Waals surface area contributed by atoms with Crippen LogP contribution in [0.4, 0.5) is 5.69 Å². The number of rotatable bonds is 12. The largest absolute Gasteiger partial charge is 0.494 e. The van der Waals surface area contributed by atoms with Crippen LogP contribution in [0.1, 0.15) is 32.3 Å². The Morgan fingerprint density at radius 3 is 2.29 bits per heavy atom. The van der Waals surface area contributed by atoms with E-state index in [1.54, 1.807) is 49.4 Å². The van der Waals surface area contributed by atoms with Crippen LogP contribution >= 0.6 is 23.2 Å². The summed E-state index contributed by atoms with van der Waals surface area (Å²) in [6.45, 7) is 4.26. The van der Waals surface area contributed by atoms with Gasteiger partial charge in [-0.05, 0) is 62.2 Å². The molecule has 2 aromatic carbocycles. The van der Waals surface area contributed by atoms with Crippen molar-refractivity contribution in [3.8, 4) is 5.75 Å². The Labute approximate surface area is 217 Å². The lowest BCUT2D eigenvalue weighted by Crippen LogP contribution is -2.46. The number of hydrogen-bond acceptors (Lipinski definition) is 5. The second-order valence-electron chi connectivity index (χ2n) is 7.93. The highest BCUT2D eigenvalue weighted by Gasteiger charge is 2.26. The lowest BCUT2D eigenvalue weighted by atomic mass is 10.1. The molecule has 0 aliphatic rings. The molecule has 0 aromatic heterocycles. The zero-order chi connectivity index (χ0) is 26.2. The smallest absolute Gasteiger partial charge is 0.242 e. The first-order valence-corrected chi connectivity index (χ1v) is 13.7. The van der Waals surface area contributed by atoms with Gasteiger partial charge in [0.2, 0.25) is 21.8 Å². The van der Waals surface area contributed by atoms with Crippen molar-refractivity contribution in [2.24, 2.45) is 0 Å². The molecule has 8 nitrogen and oxygen atoms in total. The van der Waals surface area contributed by atoms with Gasteiger partial charge in [0.15, 0.2) is 0 Å². The molecule has 0 saturated carbocycles. The highest BCUT2D eigenvalue weighted by molar-refractivity contribution is 7.92. The zero-order valence-electron chi connectivity index (χ0n) is 20.3. The molecule has 192 valence electrons. The number of anilines is 1. The van der Waals surface area contributed by atoms with Gasteiger partial charge in [-0.25, -0.2) is 8.42 Å². The fourth-order valence-corrected chi connectivity index (χ4v) is 4.79. The van der Waals surface area contributed by atoms with E-state index in [1.165, 1.54) is 16.3 Å². The molecule has 35 heavy (non-hydrogen) atoms. The Hall–Kier alpha value is -2.49. The highest BCUT2D eigenvalue weighted by Crippen LogP contribution is 2.25. The summed E-state index contributed by atoms with van der Waals surface area (Å²) in [4.78, 5) is 26.9. The van der Waals surface area contributed by atoms with Gasteiger partial charge >= 0.3 is 0 Å². The molecule has 1 N–H and O–H groups in total. The van der Waals surface area contributed by atoms with E-state index in [9.17, 15) is 18.0 Å². The van der Waals surface area contributed by atoms with Gasteiger partial charge in [0.05, 0.1) is 28.6 Å². The van der Waals surface area contributed by atoms with Crippen molar-refractivity contribution in [1.82, 2.24) is 10.2 Å². The third kappa shape index (κ3) is 8.30. The average molecular weight is 545 g/mol. The standard InChI is InChI=1S/C24H31Cl2N3O5S/c1-5-34-20-11-9-19(10-12-20)29(35(4,32)33)14-6-7-23(30)28(17(2)24(31)27-3)16-18-8-13-21(25)22(26)15-18/h8-13,15,17H,5-7,14,16H2,1-4H3,(H,27,31). The second-order valence-corrected chi connectivity index (χ2v) is 10.6. The van der Waals surface area contributed by atoms with Crippen LogP contribution in [-0.4, -0.2) is 57.6 Å². The molecular formula is C24H31Cl2N3O5S. The first-order valence-electron chi connectivity index (χ1n) is 11.1. The van der Waals surface area contributed by atoms with E-state index in [0.29, 0.717) is 28.1 Å². The molecule has 11 heteroatoms. The van der Waals surface area contributed by atoms with Crippen LogP contribution in [0.3, 0.4) is 0 Å². The van der Waals surface area contributed by atoms with E-state index in [4.69, 9.17) is 27.9 Å². The van der Waals surface area contributed by atoms with Crippen molar-refractivity contribution < 1.29 is 22.7 Å². The van der Waals surface area contributed by atoms with Crippen molar-refractivity contribution in [3.63, 3.8) is 0 Å². The Morgan fingerprint density at radius 2 is 1.74 bits per heavy atom. The molecule has 0 bridgehead atoms. The van der Waals surface area contributed by atoms with E-state index in [1.807, 2.05) is 6.92 Å². The fraction of sp³-hybridized carbons (Fsp3) is 0.417. The summed E-state index contributed by atoms with van der Waals surface area (Å²) in [5.74, 6) is 0.0406. The summed E-state index contributed by atoms with van der Waals surface area (Å²) >= 11 is 12.1. The number of carbonyl (C=O) groups excluding carboxylic acids is 2. The van der Waals surface area contributed by atoms with Crippen molar-refractivity contribution >= 4 is 50.7 Å². The SMILES string of the molecule is CCOc1ccc(N(CCCC(=O)N(Cc2ccc(Cl)c(Cl)c2)C(C)C(=O)NC)S(C)(=O)=O)cc1. The first-order chi connectivity index (χ1) is 16.5. The van der Waals surface area contributed by atoms with Crippen LogP contribution in [-0.2, 0) is 26.2 Å². The van der Waals surface area contributed by atoms with Gasteiger partial charge < -0.3 is 15.0 Å². The minimum atomic E-state index is -3.58. The van der Waals surface area contributed by atoms with E-state index in [-0.39, 0.29) is 37.7 Å². The summed E-state index contributed by atoms with van der Waals surface area (Å²) in [6, 6.07) is 11.0. The number of hydrogen-bond donors (Lipinski definition) is 1. The van der Waals surface area contributed by atoms with Crippen LogP contribution < -0.4 is 14.4 Å². The summed E-state index contributed by atoms with van der Waals surface area (Å²) in [6.07, 6.45) is 1.43. The summed E-state index contributed by atoms with van der Waals surface area (Å²) < 4.78 is 31.5. The van der Waals surface area contributed by atoms with E-state index in [0.717, 1.165) is 11.8 Å². The van der Waals surface area contributed by atoms with Crippen LogP contribution in [0, 0.1) is 0 Å². The van der Waals surface area contributed by atoms with E-state index < -0.39 is 16.1 Å². The number of nitrogens with one attached hydrogen (secondary N) is 1. The van der Waals surface area contributed by atoms with Crippen LogP contribution in [0.2, 0.25) is 10.0 Å². The lowest BCUT2D eigenvalue weighted by Gasteiger charge is -2.29. The zero-order valence-corrected chi connectivity index (χ0v) is 22.6. The number of benzene rings is 2. The Balaban J connectivity index is 2.15. The normalized spacial score (nSPS) is 12.1.